The third-order valence-corrected chi connectivity index (χ3v) is 6.52. The van der Waals surface area contributed by atoms with E-state index in [1.807, 2.05) is 67.3 Å². The van der Waals surface area contributed by atoms with Gasteiger partial charge in [0.05, 0.1) is 25.0 Å². The summed E-state index contributed by atoms with van der Waals surface area (Å²) in [5.74, 6) is 0.889. The molecule has 7 nitrogen and oxygen atoms in total. The number of nitrogens with zero attached hydrogens (tertiary/aromatic N) is 5. The van der Waals surface area contributed by atoms with E-state index < -0.39 is 0 Å². The summed E-state index contributed by atoms with van der Waals surface area (Å²) in [5.41, 5.74) is 2.08. The molecule has 8 heteroatoms. The second-order valence-corrected chi connectivity index (χ2v) is 8.94. The zero-order valence-electron chi connectivity index (χ0n) is 18.6. The van der Waals surface area contributed by atoms with Gasteiger partial charge in [-0.2, -0.15) is 0 Å². The molecule has 0 saturated carbocycles. The van der Waals surface area contributed by atoms with E-state index in [1.165, 1.54) is 17.3 Å². The Morgan fingerprint density at radius 3 is 2.38 bits per heavy atom. The number of carbonyl (C=O) groups excluding carboxylic acids is 1. The first-order valence-electron chi connectivity index (χ1n) is 11.0. The molecule has 1 aromatic heterocycles. The predicted molar refractivity (Wildman–Crippen MR) is 128 cm³/mol. The van der Waals surface area contributed by atoms with E-state index in [4.69, 9.17) is 4.74 Å². The topological polar surface area (TPSA) is 63.5 Å². The molecule has 1 saturated heterocycles. The number of hydrogen-bond donors (Lipinski definition) is 0. The number of thioether (sulfide) groups is 1. The van der Waals surface area contributed by atoms with Crippen LogP contribution in [0.25, 0.3) is 0 Å². The third kappa shape index (κ3) is 5.14. The van der Waals surface area contributed by atoms with Gasteiger partial charge >= 0.3 is 0 Å². The van der Waals surface area contributed by atoms with Gasteiger partial charge in [-0.1, -0.05) is 60.3 Å². The van der Waals surface area contributed by atoms with Crippen LogP contribution in [0, 0.1) is 0 Å². The van der Waals surface area contributed by atoms with Crippen LogP contribution >= 0.6 is 11.8 Å². The molecule has 0 aliphatic carbocycles. The number of benzene rings is 2. The molecule has 1 atom stereocenters. The summed E-state index contributed by atoms with van der Waals surface area (Å²) < 4.78 is 7.63. The molecule has 1 aliphatic heterocycles. The Balaban J connectivity index is 1.58. The van der Waals surface area contributed by atoms with Gasteiger partial charge in [-0.3, -0.25) is 9.36 Å². The third-order valence-electron chi connectivity index (χ3n) is 5.45. The molecular weight excluding hydrogens is 422 g/mol. The Bertz CT molecular complexity index is 1010. The highest BCUT2D eigenvalue weighted by molar-refractivity contribution is 8.00. The van der Waals surface area contributed by atoms with Gasteiger partial charge in [-0.25, -0.2) is 0 Å². The largest absolute Gasteiger partial charge is 0.378 e. The highest BCUT2D eigenvalue weighted by Gasteiger charge is 2.26. The fourth-order valence-corrected chi connectivity index (χ4v) is 4.68. The van der Waals surface area contributed by atoms with Gasteiger partial charge in [0.2, 0.25) is 11.9 Å². The van der Waals surface area contributed by atoms with Crippen LogP contribution < -0.4 is 9.80 Å². The summed E-state index contributed by atoms with van der Waals surface area (Å²) >= 11 is 1.46. The molecule has 1 amide bonds. The second kappa shape index (κ2) is 10.7. The fourth-order valence-electron chi connectivity index (χ4n) is 3.77. The van der Waals surface area contributed by atoms with Gasteiger partial charge in [0.1, 0.15) is 0 Å². The Morgan fingerprint density at radius 2 is 1.72 bits per heavy atom. The van der Waals surface area contributed by atoms with Crippen LogP contribution in [0.4, 0.5) is 11.6 Å². The van der Waals surface area contributed by atoms with Crippen molar-refractivity contribution in [1.82, 2.24) is 14.8 Å². The zero-order valence-corrected chi connectivity index (χ0v) is 19.4. The number of morpholine rings is 1. The lowest BCUT2D eigenvalue weighted by atomic mass is 10.2. The maximum atomic E-state index is 13.3. The number of hydrogen-bond acceptors (Lipinski definition) is 6. The van der Waals surface area contributed by atoms with Crippen LogP contribution in [0.3, 0.4) is 0 Å². The molecule has 1 unspecified atom stereocenters. The van der Waals surface area contributed by atoms with Crippen molar-refractivity contribution in [3.05, 3.63) is 66.2 Å². The van der Waals surface area contributed by atoms with Crippen molar-refractivity contribution in [3.8, 4) is 0 Å². The Hall–Kier alpha value is -2.84. The van der Waals surface area contributed by atoms with Crippen molar-refractivity contribution in [1.29, 1.82) is 0 Å². The highest BCUT2D eigenvalue weighted by atomic mass is 32.2. The van der Waals surface area contributed by atoms with Crippen LogP contribution in [0.2, 0.25) is 0 Å². The molecule has 1 aliphatic rings. The maximum Gasteiger partial charge on any atom is 0.240 e. The summed E-state index contributed by atoms with van der Waals surface area (Å²) in [5, 5.41) is 9.45. The molecular formula is C24H29N5O2S. The zero-order chi connectivity index (χ0) is 22.3. The van der Waals surface area contributed by atoms with Gasteiger partial charge in [0.25, 0.3) is 0 Å². The average Bonchev–Trinajstić information content (AvgIpc) is 3.23. The number of ether oxygens (including phenoxy) is 1. The minimum atomic E-state index is -0.300. The molecule has 0 spiro atoms. The molecule has 1 fully saturated rings. The van der Waals surface area contributed by atoms with Crippen molar-refractivity contribution in [2.45, 2.75) is 30.8 Å². The van der Waals surface area contributed by atoms with E-state index in [-0.39, 0.29) is 11.2 Å². The van der Waals surface area contributed by atoms with Crippen LogP contribution in [-0.4, -0.2) is 58.8 Å². The van der Waals surface area contributed by atoms with Gasteiger partial charge in [-0.15, -0.1) is 10.2 Å². The quantitative estimate of drug-likeness (QED) is 0.487. The van der Waals surface area contributed by atoms with Gasteiger partial charge < -0.3 is 14.5 Å². The van der Waals surface area contributed by atoms with Gasteiger partial charge in [0, 0.05) is 25.3 Å². The van der Waals surface area contributed by atoms with Crippen LogP contribution in [-0.2, 0) is 16.1 Å². The Labute approximate surface area is 193 Å². The normalized spacial score (nSPS) is 14.9. The SMILES string of the molecule is CCN(C(=O)C(C)Sc1nnc(N2CCOCC2)n1Cc1ccccc1)c1ccccc1. The van der Waals surface area contributed by atoms with Crippen molar-refractivity contribution in [2.75, 3.05) is 42.6 Å². The van der Waals surface area contributed by atoms with Crippen LogP contribution in [0.15, 0.2) is 65.8 Å². The van der Waals surface area contributed by atoms with E-state index in [9.17, 15) is 4.79 Å². The number of aromatic nitrogens is 3. The highest BCUT2D eigenvalue weighted by Crippen LogP contribution is 2.29. The van der Waals surface area contributed by atoms with Gasteiger partial charge in [0.15, 0.2) is 5.16 Å². The monoisotopic (exact) mass is 451 g/mol. The fraction of sp³-hybridized carbons (Fsp3) is 0.375. The van der Waals surface area contributed by atoms with Crippen LogP contribution in [0.1, 0.15) is 19.4 Å². The summed E-state index contributed by atoms with van der Waals surface area (Å²) in [6.45, 7) is 8.12. The summed E-state index contributed by atoms with van der Waals surface area (Å²) in [7, 11) is 0. The molecule has 0 bridgehead atoms. The second-order valence-electron chi connectivity index (χ2n) is 7.63. The molecule has 0 radical (unpaired) electrons. The van der Waals surface area contributed by atoms with Crippen molar-refractivity contribution in [3.63, 3.8) is 0 Å². The smallest absolute Gasteiger partial charge is 0.240 e. The van der Waals surface area contributed by atoms with Crippen molar-refractivity contribution < 1.29 is 9.53 Å². The lowest BCUT2D eigenvalue weighted by Gasteiger charge is -2.28. The molecule has 32 heavy (non-hydrogen) atoms. The van der Waals surface area contributed by atoms with Crippen molar-refractivity contribution >= 4 is 29.3 Å². The minimum absolute atomic E-state index is 0.0610. The number of amides is 1. The van der Waals surface area contributed by atoms with E-state index in [0.717, 1.165) is 29.9 Å². The van der Waals surface area contributed by atoms with E-state index in [2.05, 4.69) is 31.8 Å². The molecule has 168 valence electrons. The standard InChI is InChI=1S/C24H29N5O2S/c1-3-28(21-12-8-5-9-13-21)22(30)19(2)32-24-26-25-23(27-14-16-31-17-15-27)29(24)18-20-10-6-4-7-11-20/h4-13,19H,3,14-18H2,1-2H3. The Kier molecular flexibility index (Phi) is 7.44. The van der Waals surface area contributed by atoms with E-state index >= 15 is 0 Å². The summed E-state index contributed by atoms with van der Waals surface area (Å²) in [4.78, 5) is 17.3. The summed E-state index contributed by atoms with van der Waals surface area (Å²) in [6.07, 6.45) is 0. The van der Waals surface area contributed by atoms with E-state index in [1.54, 1.807) is 0 Å². The van der Waals surface area contributed by atoms with Gasteiger partial charge in [-0.05, 0) is 31.5 Å². The predicted octanol–water partition coefficient (Wildman–Crippen LogP) is 3.70. The first-order chi connectivity index (χ1) is 15.7. The first kappa shape index (κ1) is 22.4. The number of carbonyl (C=O) groups is 1. The summed E-state index contributed by atoms with van der Waals surface area (Å²) in [6, 6.07) is 20.1. The lowest BCUT2D eigenvalue weighted by Crippen LogP contribution is -2.38. The molecule has 2 aromatic carbocycles. The van der Waals surface area contributed by atoms with E-state index in [0.29, 0.717) is 26.3 Å². The first-order valence-corrected chi connectivity index (χ1v) is 11.9. The number of para-hydroxylation sites is 1. The minimum Gasteiger partial charge on any atom is -0.378 e. The molecule has 2 heterocycles. The maximum absolute atomic E-state index is 13.3. The Morgan fingerprint density at radius 1 is 1.06 bits per heavy atom. The molecule has 4 rings (SSSR count). The molecule has 0 N–H and O–H groups in total. The lowest BCUT2D eigenvalue weighted by molar-refractivity contribution is -0.117. The average molecular weight is 452 g/mol. The number of rotatable bonds is 8. The molecule has 3 aromatic rings. The van der Waals surface area contributed by atoms with Crippen LogP contribution in [0.5, 0.6) is 0 Å². The number of anilines is 2. The van der Waals surface area contributed by atoms with Crippen molar-refractivity contribution in [2.24, 2.45) is 0 Å².